The van der Waals surface area contributed by atoms with E-state index in [0.29, 0.717) is 0 Å². The number of hydrogen-bond acceptors (Lipinski definition) is 5. The number of fused-ring (bicyclic) bond motifs is 1. The zero-order chi connectivity index (χ0) is 18.9. The molecule has 0 radical (unpaired) electrons. The Morgan fingerprint density at radius 1 is 0.964 bits per heavy atom. The Bertz CT molecular complexity index is 965. The average Bonchev–Trinajstić information content (AvgIpc) is 3.42. The quantitative estimate of drug-likeness (QED) is 0.742. The van der Waals surface area contributed by atoms with Gasteiger partial charge in [0.1, 0.15) is 5.82 Å². The largest absolute Gasteiger partial charge is 0.352 e. The van der Waals surface area contributed by atoms with Crippen molar-refractivity contribution in [2.75, 3.05) is 31.1 Å². The Kier molecular flexibility index (Phi) is 4.74. The Morgan fingerprint density at radius 3 is 2.54 bits per heavy atom. The minimum Gasteiger partial charge on any atom is -0.352 e. The highest BCUT2D eigenvalue weighted by molar-refractivity contribution is 7.13. The van der Waals surface area contributed by atoms with Crippen molar-refractivity contribution >= 4 is 33.3 Å². The lowest BCUT2D eigenvalue weighted by molar-refractivity contribution is -0.133. The third-order valence-electron chi connectivity index (χ3n) is 5.90. The molecule has 2 fully saturated rings. The second-order valence-electron chi connectivity index (χ2n) is 7.57. The van der Waals surface area contributed by atoms with E-state index in [0.717, 1.165) is 44.8 Å². The number of hydrogen-bond donors (Lipinski definition) is 1. The van der Waals surface area contributed by atoms with E-state index in [-0.39, 0.29) is 18.0 Å². The monoisotopic (exact) mass is 392 g/mol. The van der Waals surface area contributed by atoms with E-state index >= 15 is 0 Å². The molecule has 0 aliphatic carbocycles. The fraction of sp³-hybridized carbons (Fsp3) is 0.364. The van der Waals surface area contributed by atoms with Crippen molar-refractivity contribution in [1.82, 2.24) is 14.6 Å². The van der Waals surface area contributed by atoms with Crippen LogP contribution >= 0.6 is 11.5 Å². The molecule has 0 unspecified atom stereocenters. The van der Waals surface area contributed by atoms with Crippen LogP contribution in [0.1, 0.15) is 24.4 Å². The summed E-state index contributed by atoms with van der Waals surface area (Å²) in [5.41, 5.74) is 1.28. The lowest BCUT2D eigenvalue weighted by atomic mass is 10.1. The summed E-state index contributed by atoms with van der Waals surface area (Å²) in [5.74, 6) is 1.32. The number of piperazine rings is 1. The third-order valence-corrected chi connectivity index (χ3v) is 6.71. The highest BCUT2D eigenvalue weighted by Crippen LogP contribution is 2.31. The number of nitrogens with one attached hydrogen (secondary N) is 1. The van der Waals surface area contributed by atoms with Gasteiger partial charge in [0, 0.05) is 37.6 Å². The minimum atomic E-state index is -0.0585. The average molecular weight is 393 g/mol. The Labute approximate surface area is 169 Å². The van der Waals surface area contributed by atoms with Gasteiger partial charge >= 0.3 is 0 Å². The molecular formula is C22H24N4OS. The first kappa shape index (κ1) is 17.6. The van der Waals surface area contributed by atoms with E-state index in [1.54, 1.807) is 11.5 Å². The molecule has 28 heavy (non-hydrogen) atoms. The maximum atomic E-state index is 13.0. The van der Waals surface area contributed by atoms with Crippen LogP contribution in [-0.4, -0.2) is 47.4 Å². The molecule has 2 aliphatic heterocycles. The fourth-order valence-electron chi connectivity index (χ4n) is 4.35. The predicted molar refractivity (Wildman–Crippen MR) is 114 cm³/mol. The molecule has 144 valence electrons. The number of nitrogens with zero attached hydrogens (tertiary/aromatic N) is 3. The standard InChI is InChI=1S/C22H24N4OS/c27-22(19-11-10-18(23-19)16-6-2-1-3-7-16)26-14-12-25(13-15-26)21-17-8-4-5-9-20(17)28-24-21/h1-9,18-19,23H,10-15H2/t18-,19-/m1/s1. The molecule has 1 amide bonds. The predicted octanol–water partition coefficient (Wildman–Crippen LogP) is 3.44. The van der Waals surface area contributed by atoms with Gasteiger partial charge < -0.3 is 9.80 Å². The first-order chi connectivity index (χ1) is 13.8. The third kappa shape index (κ3) is 3.27. The summed E-state index contributed by atoms with van der Waals surface area (Å²) >= 11 is 1.55. The van der Waals surface area contributed by atoms with Crippen molar-refractivity contribution < 1.29 is 4.79 Å². The molecule has 3 aromatic rings. The lowest BCUT2D eigenvalue weighted by Crippen LogP contribution is -2.53. The zero-order valence-electron chi connectivity index (χ0n) is 15.8. The summed E-state index contributed by atoms with van der Waals surface area (Å²) in [5, 5.41) is 4.77. The van der Waals surface area contributed by atoms with Crippen LogP contribution in [0.5, 0.6) is 0 Å². The maximum absolute atomic E-state index is 13.0. The van der Waals surface area contributed by atoms with Crippen LogP contribution in [0.3, 0.4) is 0 Å². The van der Waals surface area contributed by atoms with Crippen LogP contribution in [0.2, 0.25) is 0 Å². The first-order valence-corrected chi connectivity index (χ1v) is 10.8. The van der Waals surface area contributed by atoms with Gasteiger partial charge in [-0.15, -0.1) is 0 Å². The molecule has 6 heteroatoms. The van der Waals surface area contributed by atoms with Gasteiger partial charge in [0.05, 0.1) is 10.7 Å². The Morgan fingerprint density at radius 2 is 1.71 bits per heavy atom. The number of aromatic nitrogens is 1. The van der Waals surface area contributed by atoms with Gasteiger partial charge in [-0.1, -0.05) is 42.5 Å². The molecule has 5 nitrogen and oxygen atoms in total. The molecule has 0 saturated carbocycles. The van der Waals surface area contributed by atoms with Crippen molar-refractivity contribution in [3.8, 4) is 0 Å². The van der Waals surface area contributed by atoms with Gasteiger partial charge in [0.25, 0.3) is 0 Å². The van der Waals surface area contributed by atoms with Crippen LogP contribution in [0.25, 0.3) is 10.1 Å². The van der Waals surface area contributed by atoms with E-state index in [1.807, 2.05) is 11.0 Å². The topological polar surface area (TPSA) is 48.5 Å². The van der Waals surface area contributed by atoms with Gasteiger partial charge in [-0.25, -0.2) is 0 Å². The summed E-state index contributed by atoms with van der Waals surface area (Å²) in [4.78, 5) is 17.4. The van der Waals surface area contributed by atoms with Crippen LogP contribution in [-0.2, 0) is 4.79 Å². The van der Waals surface area contributed by atoms with Crippen molar-refractivity contribution in [3.05, 3.63) is 60.2 Å². The van der Waals surface area contributed by atoms with E-state index < -0.39 is 0 Å². The molecule has 1 aromatic heterocycles. The number of benzene rings is 2. The van der Waals surface area contributed by atoms with Crippen LogP contribution in [0.15, 0.2) is 54.6 Å². The molecular weight excluding hydrogens is 368 g/mol. The van der Waals surface area contributed by atoms with Crippen molar-refractivity contribution in [3.63, 3.8) is 0 Å². The van der Waals surface area contributed by atoms with E-state index in [9.17, 15) is 4.79 Å². The van der Waals surface area contributed by atoms with Crippen molar-refractivity contribution in [2.24, 2.45) is 0 Å². The van der Waals surface area contributed by atoms with Crippen LogP contribution in [0.4, 0.5) is 5.82 Å². The first-order valence-electron chi connectivity index (χ1n) is 9.99. The van der Waals surface area contributed by atoms with E-state index in [1.165, 1.54) is 15.6 Å². The normalized spacial score (nSPS) is 22.7. The maximum Gasteiger partial charge on any atom is 0.239 e. The SMILES string of the molecule is O=C([C@H]1CC[C@H](c2ccccc2)N1)N1CCN(c2nsc3ccccc23)CC1. The molecule has 2 atom stereocenters. The van der Waals surface area contributed by atoms with E-state index in [4.69, 9.17) is 0 Å². The highest BCUT2D eigenvalue weighted by atomic mass is 32.1. The molecule has 3 heterocycles. The van der Waals surface area contributed by atoms with Gasteiger partial charge in [-0.2, -0.15) is 4.37 Å². The highest BCUT2D eigenvalue weighted by Gasteiger charge is 2.34. The van der Waals surface area contributed by atoms with Crippen molar-refractivity contribution in [2.45, 2.75) is 24.9 Å². The number of rotatable bonds is 3. The molecule has 5 rings (SSSR count). The van der Waals surface area contributed by atoms with Gasteiger partial charge in [-0.3, -0.25) is 10.1 Å². The van der Waals surface area contributed by atoms with Crippen LogP contribution < -0.4 is 10.2 Å². The summed E-state index contributed by atoms with van der Waals surface area (Å²) in [7, 11) is 0. The minimum absolute atomic E-state index is 0.0585. The summed E-state index contributed by atoms with van der Waals surface area (Å²) in [6, 6.07) is 19.0. The number of amides is 1. The summed E-state index contributed by atoms with van der Waals surface area (Å²) < 4.78 is 5.88. The molecule has 2 aliphatic rings. The number of carbonyl (C=O) groups is 1. The number of carbonyl (C=O) groups excluding carboxylic acids is 1. The second kappa shape index (κ2) is 7.53. The van der Waals surface area contributed by atoms with Gasteiger partial charge in [0.15, 0.2) is 0 Å². The van der Waals surface area contributed by atoms with Gasteiger partial charge in [0.2, 0.25) is 5.91 Å². The van der Waals surface area contributed by atoms with E-state index in [2.05, 4.69) is 63.1 Å². The zero-order valence-corrected chi connectivity index (χ0v) is 16.6. The Balaban J connectivity index is 1.21. The lowest BCUT2D eigenvalue weighted by Gasteiger charge is -2.36. The molecule has 1 N–H and O–H groups in total. The molecule has 0 spiro atoms. The molecule has 0 bridgehead atoms. The van der Waals surface area contributed by atoms with Crippen LogP contribution in [0, 0.1) is 0 Å². The summed E-state index contributed by atoms with van der Waals surface area (Å²) in [6.45, 7) is 3.21. The molecule has 2 saturated heterocycles. The summed E-state index contributed by atoms with van der Waals surface area (Å²) in [6.07, 6.45) is 1.93. The van der Waals surface area contributed by atoms with Crippen molar-refractivity contribution in [1.29, 1.82) is 0 Å². The fourth-order valence-corrected chi connectivity index (χ4v) is 5.14. The number of anilines is 1. The van der Waals surface area contributed by atoms with Gasteiger partial charge in [-0.05, 0) is 42.1 Å². The second-order valence-corrected chi connectivity index (χ2v) is 8.38. The molecule has 2 aromatic carbocycles. The Hall–Kier alpha value is -2.44. The smallest absolute Gasteiger partial charge is 0.239 e.